The van der Waals surface area contributed by atoms with Gasteiger partial charge in [0.1, 0.15) is 0 Å². The normalized spacial score (nSPS) is 15.5. The third-order valence-electron chi connectivity index (χ3n) is 12.1. The number of benzene rings is 6. The number of rotatable bonds is 12. The smallest absolute Gasteiger partial charge is 0.0461 e. The van der Waals surface area contributed by atoms with Crippen molar-refractivity contribution in [3.05, 3.63) is 203 Å². The molecule has 0 saturated heterocycles. The minimum absolute atomic E-state index is 0. The van der Waals surface area contributed by atoms with E-state index in [1.54, 1.807) is 0 Å². The number of hydrogen-bond donors (Lipinski definition) is 0. The van der Waals surface area contributed by atoms with Gasteiger partial charge in [-0.25, -0.2) is 0 Å². The van der Waals surface area contributed by atoms with Crippen LogP contribution in [-0.4, -0.2) is 37.4 Å². The molecule has 6 nitrogen and oxygen atoms in total. The van der Waals surface area contributed by atoms with Crippen LogP contribution < -0.4 is 0 Å². The summed E-state index contributed by atoms with van der Waals surface area (Å²) in [4.78, 5) is 0. The molecular weight excluding hydrogens is 952 g/mol. The fourth-order valence-electron chi connectivity index (χ4n) is 9.17. The van der Waals surface area contributed by atoms with E-state index in [0.29, 0.717) is 25.2 Å². The Morgan fingerprint density at radius 1 is 0.406 bits per heavy atom. The zero-order valence-corrected chi connectivity index (χ0v) is 46.9. The molecule has 6 aromatic carbocycles. The van der Waals surface area contributed by atoms with Crippen LogP contribution in [0.4, 0.5) is 0 Å². The first-order valence-electron chi connectivity index (χ1n) is 25.3. The number of aromatic nitrogens is 2. The molecule has 0 aliphatic heterocycles. The Hall–Kier alpha value is -3.92. The predicted octanol–water partition coefficient (Wildman–Crippen LogP) is 18.5. The van der Waals surface area contributed by atoms with Crippen LogP contribution in [0.15, 0.2) is 158 Å². The van der Waals surface area contributed by atoms with Gasteiger partial charge >= 0.3 is 0 Å². The van der Waals surface area contributed by atoms with E-state index < -0.39 is 16.1 Å². The molecule has 0 amide bonds. The molecule has 2 heterocycles. The molecule has 0 bridgehead atoms. The fourth-order valence-corrected chi connectivity index (χ4v) is 9.17. The van der Waals surface area contributed by atoms with Gasteiger partial charge in [-0.1, -0.05) is 248 Å². The quantitative estimate of drug-likeness (QED) is 0.0864. The van der Waals surface area contributed by atoms with Gasteiger partial charge in [-0.3, -0.25) is 0 Å². The average molecular weight is 1030 g/mol. The van der Waals surface area contributed by atoms with Gasteiger partial charge in [-0.2, -0.15) is 12.6 Å². The van der Waals surface area contributed by atoms with Gasteiger partial charge in [0.05, 0.1) is 0 Å². The van der Waals surface area contributed by atoms with Gasteiger partial charge in [0, 0.05) is 69.8 Å². The maximum atomic E-state index is 5.29. The zero-order chi connectivity index (χ0) is 47.9. The molecule has 2 aromatic heterocycles. The standard InChI is InChI=1S/2C26H27N3.2C4H11Si.Zr/c2*1-3-11-20(12-4-1)19-27-26(28-21-13-5-2-6-14-21)29-24-17-9-7-15-22(24)23-16-8-10-18-25(23)29;2*1-5(2,3)4;/h2*1,3-4,7-12,15-18,21,26H,2,5-6,13-14,19H2;2*1H2,2-4H3;/q2*-2;2*-1;. The number of hydrogen-bond acceptors (Lipinski definition) is 0. The first-order chi connectivity index (χ1) is 32.8. The van der Waals surface area contributed by atoms with E-state index in [1.165, 1.54) is 119 Å². The monoisotopic (exact) mass is 1030 g/mol. The molecule has 69 heavy (non-hydrogen) atoms. The molecule has 2 aliphatic rings. The van der Waals surface area contributed by atoms with Gasteiger partial charge in [-0.15, -0.1) is 41.3 Å². The summed E-state index contributed by atoms with van der Waals surface area (Å²) < 4.78 is 4.70. The summed E-state index contributed by atoms with van der Waals surface area (Å²) in [7, 11) is -1.72. The van der Waals surface area contributed by atoms with Crippen molar-refractivity contribution in [2.45, 2.75) is 141 Å². The summed E-state index contributed by atoms with van der Waals surface area (Å²) in [6.07, 6.45) is 12.2. The SMILES string of the molecule is [CH2-][Si](C)(C)C.[CH2-][Si](C)(C)C.[Zr].c1ccc(C[N-]C([N-]C2CCCCC2)n2c3ccccc3c3ccccc32)cc1.c1ccc(C[N-]C([N-]C2CCCCC2)n2c3ccccc3c3ccccc32)cc1. The van der Waals surface area contributed by atoms with E-state index >= 15 is 0 Å². The van der Waals surface area contributed by atoms with Crippen LogP contribution in [0.2, 0.25) is 39.3 Å². The molecule has 2 fully saturated rings. The molecule has 8 aromatic rings. The van der Waals surface area contributed by atoms with Crippen molar-refractivity contribution in [2.75, 3.05) is 0 Å². The van der Waals surface area contributed by atoms with Crippen LogP contribution in [0, 0.1) is 13.1 Å². The third-order valence-corrected chi connectivity index (χ3v) is 12.1. The van der Waals surface area contributed by atoms with E-state index in [0.717, 1.165) is 0 Å². The van der Waals surface area contributed by atoms with Crippen molar-refractivity contribution >= 4 is 59.8 Å². The summed E-state index contributed by atoms with van der Waals surface area (Å²) in [5.41, 5.74) is 7.34. The van der Waals surface area contributed by atoms with Crippen LogP contribution in [0.1, 0.15) is 87.9 Å². The van der Waals surface area contributed by atoms with Crippen molar-refractivity contribution in [2.24, 2.45) is 0 Å². The van der Waals surface area contributed by atoms with Crippen LogP contribution >= 0.6 is 0 Å². The summed E-state index contributed by atoms with van der Waals surface area (Å²) in [6.45, 7) is 22.5. The Labute approximate surface area is 436 Å². The molecule has 2 saturated carbocycles. The molecule has 0 radical (unpaired) electrons. The molecule has 2 atom stereocenters. The summed E-state index contributed by atoms with van der Waals surface area (Å²) in [6, 6.07) is 56.5. The molecule has 0 spiro atoms. The maximum absolute atomic E-state index is 5.29. The Morgan fingerprint density at radius 2 is 0.652 bits per heavy atom. The van der Waals surface area contributed by atoms with Gasteiger partial charge in [0.25, 0.3) is 0 Å². The second-order valence-corrected chi connectivity index (χ2v) is 31.4. The average Bonchev–Trinajstić information content (AvgIpc) is 3.85. The fraction of sp³-hybridized carbons (Fsp3) is 0.367. The third kappa shape index (κ3) is 16.6. The zero-order valence-electron chi connectivity index (χ0n) is 42.4. The number of para-hydroxylation sites is 4. The minimum Gasteiger partial charge on any atom is -0.658 e. The summed E-state index contributed by atoms with van der Waals surface area (Å²) in [5.74, 6) is 0. The topological polar surface area (TPSA) is 66.3 Å². The second kappa shape index (κ2) is 26.5. The molecule has 2 unspecified atom stereocenters. The van der Waals surface area contributed by atoms with Crippen LogP contribution in [0.25, 0.3) is 64.9 Å². The van der Waals surface area contributed by atoms with E-state index in [9.17, 15) is 0 Å². The van der Waals surface area contributed by atoms with E-state index in [2.05, 4.69) is 219 Å². The Bertz CT molecular complexity index is 2420. The Kier molecular flexibility index (Phi) is 20.9. The molecule has 9 heteroatoms. The molecule has 10 rings (SSSR count). The Morgan fingerprint density at radius 3 is 0.928 bits per heavy atom. The largest absolute Gasteiger partial charge is 0.658 e. The second-order valence-electron chi connectivity index (χ2n) is 21.2. The first kappa shape index (κ1) is 54.4. The van der Waals surface area contributed by atoms with Crippen LogP contribution in [-0.2, 0) is 39.3 Å². The maximum Gasteiger partial charge on any atom is 0.0461 e. The summed E-state index contributed by atoms with van der Waals surface area (Å²) >= 11 is 0. The van der Waals surface area contributed by atoms with Crippen LogP contribution in [0.5, 0.6) is 0 Å². The van der Waals surface area contributed by atoms with E-state index in [1.807, 2.05) is 0 Å². The molecule has 2 aliphatic carbocycles. The number of fused-ring (bicyclic) bond motifs is 6. The van der Waals surface area contributed by atoms with Crippen LogP contribution in [0.3, 0.4) is 0 Å². The van der Waals surface area contributed by atoms with Gasteiger partial charge in [0.15, 0.2) is 0 Å². The van der Waals surface area contributed by atoms with Gasteiger partial charge in [0.2, 0.25) is 0 Å². The van der Waals surface area contributed by atoms with E-state index in [4.69, 9.17) is 21.3 Å². The van der Waals surface area contributed by atoms with Crippen molar-refractivity contribution in [1.82, 2.24) is 9.13 Å². The van der Waals surface area contributed by atoms with Crippen molar-refractivity contribution in [3.8, 4) is 0 Å². The molecule has 0 N–H and O–H groups in total. The molecular formula is C60H76N6Si2Zr-6. The van der Waals surface area contributed by atoms with E-state index in [-0.39, 0.29) is 38.8 Å². The van der Waals surface area contributed by atoms with Gasteiger partial charge in [-0.05, 0) is 24.3 Å². The van der Waals surface area contributed by atoms with Gasteiger partial charge < -0.3 is 43.5 Å². The number of nitrogens with zero attached hydrogens (tertiary/aromatic N) is 6. The van der Waals surface area contributed by atoms with Crippen molar-refractivity contribution in [1.29, 1.82) is 0 Å². The van der Waals surface area contributed by atoms with Crippen molar-refractivity contribution in [3.63, 3.8) is 0 Å². The molecule has 364 valence electrons. The predicted molar refractivity (Wildman–Crippen MR) is 302 cm³/mol. The Balaban J connectivity index is 0.000000188. The first-order valence-corrected chi connectivity index (χ1v) is 32.7. The minimum atomic E-state index is -0.861. The van der Waals surface area contributed by atoms with Crippen molar-refractivity contribution < 1.29 is 26.2 Å². The summed E-state index contributed by atoms with van der Waals surface area (Å²) in [5, 5.41) is 26.0.